The maximum absolute atomic E-state index is 13.2. The monoisotopic (exact) mass is 362 g/mol. The number of hydrogen-bond donors (Lipinski definition) is 2. The number of halogens is 3. The summed E-state index contributed by atoms with van der Waals surface area (Å²) in [5.74, 6) is -1.83. The van der Waals surface area contributed by atoms with E-state index in [-0.39, 0.29) is 0 Å². The van der Waals surface area contributed by atoms with Gasteiger partial charge in [0.2, 0.25) is 0 Å². The number of methoxy groups -OCH3 is 1. The van der Waals surface area contributed by atoms with Crippen LogP contribution in [0.5, 0.6) is 0 Å². The molecule has 2 amide bonds. The van der Waals surface area contributed by atoms with Crippen molar-refractivity contribution in [2.45, 2.75) is 31.5 Å². The van der Waals surface area contributed by atoms with Crippen molar-refractivity contribution < 1.29 is 32.6 Å². The second-order valence-electron chi connectivity index (χ2n) is 5.39. The number of aliphatic hydroxyl groups is 1. The maximum atomic E-state index is 13.2. The summed E-state index contributed by atoms with van der Waals surface area (Å²) in [6.07, 6.45) is -3.55. The van der Waals surface area contributed by atoms with Crippen molar-refractivity contribution >= 4 is 17.7 Å². The Bertz CT molecular complexity index is 604. The van der Waals surface area contributed by atoms with Crippen LogP contribution < -0.4 is 10.2 Å². The fourth-order valence-electron chi connectivity index (χ4n) is 2.08. The Hall–Kier alpha value is -2.29. The quantitative estimate of drug-likeness (QED) is 0.602. The Kier molecular flexibility index (Phi) is 6.80. The lowest BCUT2D eigenvalue weighted by Gasteiger charge is -2.28. The number of nitrogens with one attached hydrogen (secondary N) is 1. The molecule has 0 bridgehead atoms. The molecule has 9 heteroatoms. The van der Waals surface area contributed by atoms with Gasteiger partial charge in [-0.05, 0) is 18.6 Å². The van der Waals surface area contributed by atoms with Crippen molar-refractivity contribution in [1.29, 1.82) is 0 Å². The van der Waals surface area contributed by atoms with Gasteiger partial charge in [0.1, 0.15) is 0 Å². The van der Waals surface area contributed by atoms with E-state index in [1.54, 1.807) is 0 Å². The van der Waals surface area contributed by atoms with Gasteiger partial charge in [0.05, 0.1) is 7.11 Å². The molecule has 1 aromatic rings. The van der Waals surface area contributed by atoms with Gasteiger partial charge in [-0.25, -0.2) is 9.59 Å². The third-order valence-electron chi connectivity index (χ3n) is 3.67. The van der Waals surface area contributed by atoms with Crippen LogP contribution in [0.1, 0.15) is 25.3 Å². The van der Waals surface area contributed by atoms with Crippen molar-refractivity contribution in [2.24, 2.45) is 0 Å². The molecule has 0 aromatic heterocycles. The zero-order valence-electron chi connectivity index (χ0n) is 14.2. The van der Waals surface area contributed by atoms with Gasteiger partial charge in [0, 0.05) is 24.8 Å². The van der Waals surface area contributed by atoms with Gasteiger partial charge < -0.3 is 15.2 Å². The highest BCUT2D eigenvalue weighted by Gasteiger charge is 2.62. The molecule has 25 heavy (non-hydrogen) atoms. The third-order valence-corrected chi connectivity index (χ3v) is 3.67. The number of nitrogens with zero attached hydrogens (tertiary/aromatic N) is 1. The third kappa shape index (κ3) is 4.41. The molecule has 140 valence electrons. The molecule has 1 atom stereocenters. The Morgan fingerprint density at radius 2 is 1.80 bits per heavy atom. The average Bonchev–Trinajstić information content (AvgIpc) is 2.58. The summed E-state index contributed by atoms with van der Waals surface area (Å²) in [6, 6.07) is 3.84. The standard InChI is InChI=1S/C16H21F3N2O4/c1-4-5-10-20-14(23)21(2)12-8-6-11(7-9-12)15(24,13(22)25-3)16(17,18)19/h6-9,24H,4-5,10H2,1-3H3,(H,20,23)/t15-/m0/s1. The van der Waals surface area contributed by atoms with Crippen molar-refractivity contribution in [3.05, 3.63) is 29.8 Å². The molecule has 2 N–H and O–H groups in total. The molecule has 0 unspecified atom stereocenters. The van der Waals surface area contributed by atoms with Crippen LogP contribution in [0.25, 0.3) is 0 Å². The van der Waals surface area contributed by atoms with Crippen LogP contribution in [0.2, 0.25) is 0 Å². The minimum Gasteiger partial charge on any atom is -0.466 e. The fraction of sp³-hybridized carbons (Fsp3) is 0.500. The highest BCUT2D eigenvalue weighted by Crippen LogP contribution is 2.40. The van der Waals surface area contributed by atoms with E-state index >= 15 is 0 Å². The number of carbonyl (C=O) groups is 2. The molecule has 0 spiro atoms. The van der Waals surface area contributed by atoms with Crippen LogP contribution in [-0.4, -0.2) is 44.0 Å². The molecule has 0 aliphatic rings. The topological polar surface area (TPSA) is 78.9 Å². The van der Waals surface area contributed by atoms with Crippen LogP contribution in [0.4, 0.5) is 23.7 Å². The molecule has 6 nitrogen and oxygen atoms in total. The normalized spacial score (nSPS) is 13.7. The number of esters is 1. The van der Waals surface area contributed by atoms with Gasteiger partial charge in [-0.15, -0.1) is 0 Å². The number of benzene rings is 1. The van der Waals surface area contributed by atoms with Crippen LogP contribution >= 0.6 is 0 Å². The van der Waals surface area contributed by atoms with Gasteiger partial charge in [0.15, 0.2) is 0 Å². The van der Waals surface area contributed by atoms with Gasteiger partial charge in [-0.3, -0.25) is 4.90 Å². The first-order valence-electron chi connectivity index (χ1n) is 7.59. The molecule has 0 aliphatic heterocycles. The first-order chi connectivity index (χ1) is 11.6. The average molecular weight is 362 g/mol. The second kappa shape index (κ2) is 8.19. The maximum Gasteiger partial charge on any atom is 0.432 e. The molecular formula is C16H21F3N2O4. The fourth-order valence-corrected chi connectivity index (χ4v) is 2.08. The number of urea groups is 1. The molecule has 0 heterocycles. The van der Waals surface area contributed by atoms with Crippen molar-refractivity contribution in [3.63, 3.8) is 0 Å². The summed E-state index contributed by atoms with van der Waals surface area (Å²) in [4.78, 5) is 24.6. The van der Waals surface area contributed by atoms with Crippen LogP contribution in [0.15, 0.2) is 24.3 Å². The zero-order chi connectivity index (χ0) is 19.3. The molecule has 1 rings (SSSR count). The largest absolute Gasteiger partial charge is 0.466 e. The second-order valence-corrected chi connectivity index (χ2v) is 5.39. The summed E-state index contributed by atoms with van der Waals surface area (Å²) in [5.41, 5.74) is -4.18. The molecule has 0 saturated heterocycles. The Morgan fingerprint density at radius 1 is 1.24 bits per heavy atom. The molecular weight excluding hydrogens is 341 g/mol. The minimum absolute atomic E-state index is 0.298. The first-order valence-corrected chi connectivity index (χ1v) is 7.59. The van der Waals surface area contributed by atoms with Gasteiger partial charge in [0.25, 0.3) is 5.60 Å². The molecule has 1 aromatic carbocycles. The first kappa shape index (κ1) is 20.8. The van der Waals surface area contributed by atoms with Crippen LogP contribution in [-0.2, 0) is 15.1 Å². The van der Waals surface area contributed by atoms with Crippen molar-refractivity contribution in [2.75, 3.05) is 25.6 Å². The number of carbonyl (C=O) groups excluding carboxylic acids is 2. The highest BCUT2D eigenvalue weighted by molar-refractivity contribution is 5.91. The van der Waals surface area contributed by atoms with E-state index in [0.29, 0.717) is 12.2 Å². The lowest BCUT2D eigenvalue weighted by molar-refractivity contribution is -0.266. The van der Waals surface area contributed by atoms with Gasteiger partial charge in [-0.2, -0.15) is 13.2 Å². The number of rotatable bonds is 6. The minimum atomic E-state index is -5.26. The summed E-state index contributed by atoms with van der Waals surface area (Å²) >= 11 is 0. The summed E-state index contributed by atoms with van der Waals surface area (Å²) in [6.45, 7) is 2.45. The van der Waals surface area contributed by atoms with Crippen LogP contribution in [0, 0.1) is 0 Å². The number of alkyl halides is 3. The van der Waals surface area contributed by atoms with E-state index in [4.69, 9.17) is 0 Å². The van der Waals surface area contributed by atoms with Crippen molar-refractivity contribution in [3.8, 4) is 0 Å². The van der Waals surface area contributed by atoms with E-state index in [9.17, 15) is 27.9 Å². The highest BCUT2D eigenvalue weighted by atomic mass is 19.4. The smallest absolute Gasteiger partial charge is 0.432 e. The Morgan fingerprint density at radius 3 is 2.24 bits per heavy atom. The Balaban J connectivity index is 3.04. The number of amides is 2. The predicted molar refractivity (Wildman–Crippen MR) is 85.1 cm³/mol. The zero-order valence-corrected chi connectivity index (χ0v) is 14.2. The number of unbranched alkanes of at least 4 members (excludes halogenated alkanes) is 1. The van der Waals surface area contributed by atoms with E-state index < -0.39 is 29.3 Å². The Labute approximate surface area is 143 Å². The van der Waals surface area contributed by atoms with Gasteiger partial charge in [-0.1, -0.05) is 25.5 Å². The number of hydrogen-bond acceptors (Lipinski definition) is 4. The molecule has 0 aliphatic carbocycles. The SMILES string of the molecule is CCCCNC(=O)N(C)c1ccc([C@](O)(C(=O)OC)C(F)(F)F)cc1. The number of anilines is 1. The van der Waals surface area contributed by atoms with Gasteiger partial charge >= 0.3 is 18.2 Å². The van der Waals surface area contributed by atoms with E-state index in [1.807, 2.05) is 6.92 Å². The van der Waals surface area contributed by atoms with Crippen molar-refractivity contribution in [1.82, 2.24) is 5.32 Å². The van der Waals surface area contributed by atoms with E-state index in [2.05, 4.69) is 10.1 Å². The number of ether oxygens (including phenoxy) is 1. The molecule has 0 fully saturated rings. The van der Waals surface area contributed by atoms with Crippen LogP contribution in [0.3, 0.4) is 0 Å². The summed E-state index contributed by atoms with van der Waals surface area (Å²) < 4.78 is 43.6. The predicted octanol–water partition coefficient (Wildman–Crippen LogP) is 2.56. The van der Waals surface area contributed by atoms with E-state index in [1.165, 1.54) is 24.1 Å². The summed E-state index contributed by atoms with van der Waals surface area (Å²) in [7, 11) is 2.20. The lowest BCUT2D eigenvalue weighted by Crippen LogP contribution is -2.49. The summed E-state index contributed by atoms with van der Waals surface area (Å²) in [5, 5.41) is 12.5. The van der Waals surface area contributed by atoms with E-state index in [0.717, 1.165) is 32.1 Å². The lowest BCUT2D eigenvalue weighted by atomic mass is 9.93. The molecule has 0 saturated carbocycles. The molecule has 0 radical (unpaired) electrons.